The molecule has 0 saturated carbocycles. The van der Waals surface area contributed by atoms with Crippen LogP contribution in [0.4, 0.5) is 4.39 Å². The number of amides is 1. The van der Waals surface area contributed by atoms with E-state index in [0.29, 0.717) is 12.2 Å². The van der Waals surface area contributed by atoms with Crippen LogP contribution >= 0.6 is 11.8 Å². The molecule has 148 valence electrons. The lowest BCUT2D eigenvalue weighted by Gasteiger charge is -2.16. The third-order valence-corrected chi connectivity index (χ3v) is 4.88. The SMILES string of the molecule is CC(=O)[C@H](Cc1ccccc1)NC(=O)COC(=O)CCSc1ccc(F)cc1. The molecule has 2 aromatic carbocycles. The minimum Gasteiger partial charge on any atom is -0.456 e. The van der Waals surface area contributed by atoms with Gasteiger partial charge in [0, 0.05) is 10.6 Å². The number of nitrogens with one attached hydrogen (secondary N) is 1. The van der Waals surface area contributed by atoms with Crippen molar-refractivity contribution in [2.24, 2.45) is 0 Å². The van der Waals surface area contributed by atoms with Crippen LogP contribution in [-0.4, -0.2) is 36.1 Å². The molecule has 0 heterocycles. The second-order valence-electron chi connectivity index (χ2n) is 6.13. The molecule has 0 fully saturated rings. The molecule has 0 bridgehead atoms. The number of halogens is 1. The van der Waals surface area contributed by atoms with E-state index in [1.807, 2.05) is 30.3 Å². The Bertz CT molecular complexity index is 796. The van der Waals surface area contributed by atoms with Crippen LogP contribution in [0.5, 0.6) is 0 Å². The predicted octanol–water partition coefficient (Wildman–Crippen LogP) is 3.17. The average molecular weight is 403 g/mol. The summed E-state index contributed by atoms with van der Waals surface area (Å²) in [5.41, 5.74) is 0.929. The number of ketones is 1. The summed E-state index contributed by atoms with van der Waals surface area (Å²) in [7, 11) is 0. The number of ether oxygens (including phenoxy) is 1. The zero-order valence-corrected chi connectivity index (χ0v) is 16.3. The largest absolute Gasteiger partial charge is 0.456 e. The van der Waals surface area contributed by atoms with E-state index in [1.165, 1.54) is 30.8 Å². The normalized spacial score (nSPS) is 11.5. The van der Waals surface area contributed by atoms with E-state index < -0.39 is 24.5 Å². The van der Waals surface area contributed by atoms with Gasteiger partial charge in [-0.15, -0.1) is 11.8 Å². The van der Waals surface area contributed by atoms with Crippen LogP contribution < -0.4 is 5.32 Å². The summed E-state index contributed by atoms with van der Waals surface area (Å²) < 4.78 is 17.8. The van der Waals surface area contributed by atoms with Gasteiger partial charge in [0.2, 0.25) is 0 Å². The Morgan fingerprint density at radius 1 is 1.07 bits per heavy atom. The lowest BCUT2D eigenvalue weighted by molar-refractivity contribution is -0.148. The molecule has 0 radical (unpaired) electrons. The van der Waals surface area contributed by atoms with Crippen LogP contribution in [-0.2, 0) is 25.5 Å². The highest BCUT2D eigenvalue weighted by molar-refractivity contribution is 7.99. The lowest BCUT2D eigenvalue weighted by atomic mass is 10.0. The van der Waals surface area contributed by atoms with E-state index in [1.54, 1.807) is 12.1 Å². The highest BCUT2D eigenvalue weighted by Crippen LogP contribution is 2.18. The van der Waals surface area contributed by atoms with Crippen LogP contribution in [0.2, 0.25) is 0 Å². The number of hydrogen-bond acceptors (Lipinski definition) is 5. The quantitative estimate of drug-likeness (QED) is 0.487. The molecule has 0 spiro atoms. The van der Waals surface area contributed by atoms with Crippen LogP contribution in [0.3, 0.4) is 0 Å². The maximum Gasteiger partial charge on any atom is 0.307 e. The van der Waals surface area contributed by atoms with Crippen molar-refractivity contribution in [3.05, 3.63) is 66.0 Å². The number of rotatable bonds is 10. The first-order chi connectivity index (χ1) is 13.4. The zero-order chi connectivity index (χ0) is 20.4. The third-order valence-electron chi connectivity index (χ3n) is 3.86. The second kappa shape index (κ2) is 11.2. The monoisotopic (exact) mass is 403 g/mol. The molecule has 28 heavy (non-hydrogen) atoms. The van der Waals surface area contributed by atoms with Gasteiger partial charge in [-0.2, -0.15) is 0 Å². The smallest absolute Gasteiger partial charge is 0.307 e. The first kappa shape index (κ1) is 21.6. The van der Waals surface area contributed by atoms with E-state index in [9.17, 15) is 18.8 Å². The van der Waals surface area contributed by atoms with Gasteiger partial charge in [-0.25, -0.2) is 4.39 Å². The van der Waals surface area contributed by atoms with E-state index >= 15 is 0 Å². The standard InChI is InChI=1S/C21H22FNO4S/c1-15(24)19(13-16-5-3-2-4-6-16)23-20(25)14-27-21(26)11-12-28-18-9-7-17(22)8-10-18/h2-10,19H,11-14H2,1H3,(H,23,25)/t19-/m0/s1. The maximum absolute atomic E-state index is 12.8. The highest BCUT2D eigenvalue weighted by atomic mass is 32.2. The number of carbonyl (C=O) groups is 3. The summed E-state index contributed by atoms with van der Waals surface area (Å²) in [5, 5.41) is 2.60. The molecular weight excluding hydrogens is 381 g/mol. The van der Waals surface area contributed by atoms with Crippen LogP contribution in [0, 0.1) is 5.82 Å². The van der Waals surface area contributed by atoms with Crippen molar-refractivity contribution in [2.45, 2.75) is 30.7 Å². The molecule has 0 aliphatic carbocycles. The summed E-state index contributed by atoms with van der Waals surface area (Å²) in [6.07, 6.45) is 0.500. The van der Waals surface area contributed by atoms with Gasteiger partial charge >= 0.3 is 5.97 Å². The Morgan fingerprint density at radius 2 is 1.75 bits per heavy atom. The number of hydrogen-bond donors (Lipinski definition) is 1. The molecule has 2 rings (SSSR count). The predicted molar refractivity (Wildman–Crippen MR) is 105 cm³/mol. The van der Waals surface area contributed by atoms with Gasteiger partial charge in [0.1, 0.15) is 5.82 Å². The molecule has 7 heteroatoms. The lowest BCUT2D eigenvalue weighted by Crippen LogP contribution is -2.43. The molecule has 0 unspecified atom stereocenters. The Labute approximate surface area is 167 Å². The molecule has 1 N–H and O–H groups in total. The van der Waals surface area contributed by atoms with Crippen molar-refractivity contribution in [2.75, 3.05) is 12.4 Å². The fraction of sp³-hybridized carbons (Fsp3) is 0.286. The molecule has 5 nitrogen and oxygen atoms in total. The minimum absolute atomic E-state index is 0.121. The van der Waals surface area contributed by atoms with Gasteiger partial charge in [0.15, 0.2) is 12.4 Å². The van der Waals surface area contributed by atoms with Crippen molar-refractivity contribution >= 4 is 29.4 Å². The van der Waals surface area contributed by atoms with E-state index in [0.717, 1.165) is 10.5 Å². The first-order valence-electron chi connectivity index (χ1n) is 8.82. The molecule has 1 amide bonds. The van der Waals surface area contributed by atoms with E-state index in [-0.39, 0.29) is 18.0 Å². The van der Waals surface area contributed by atoms with Crippen LogP contribution in [0.1, 0.15) is 18.9 Å². The summed E-state index contributed by atoms with van der Waals surface area (Å²) in [4.78, 5) is 36.4. The average Bonchev–Trinajstić information content (AvgIpc) is 2.68. The molecule has 1 atom stereocenters. The molecule has 0 aliphatic heterocycles. The Morgan fingerprint density at radius 3 is 2.39 bits per heavy atom. The summed E-state index contributed by atoms with van der Waals surface area (Å²) in [5.74, 6) is -1.05. The number of carbonyl (C=O) groups excluding carboxylic acids is 3. The number of benzene rings is 2. The minimum atomic E-state index is -0.664. The van der Waals surface area contributed by atoms with Crippen molar-refractivity contribution in [3.63, 3.8) is 0 Å². The summed E-state index contributed by atoms with van der Waals surface area (Å²) in [6.45, 7) is 0.977. The number of thioether (sulfide) groups is 1. The molecule has 0 aliphatic rings. The molecular formula is C21H22FNO4S. The van der Waals surface area contributed by atoms with E-state index in [2.05, 4.69) is 5.32 Å². The summed E-state index contributed by atoms with van der Waals surface area (Å²) >= 11 is 1.39. The molecule has 0 saturated heterocycles. The van der Waals surface area contributed by atoms with Gasteiger partial charge in [0.05, 0.1) is 12.5 Å². The fourth-order valence-corrected chi connectivity index (χ4v) is 3.22. The third kappa shape index (κ3) is 7.92. The second-order valence-corrected chi connectivity index (χ2v) is 7.30. The van der Waals surface area contributed by atoms with Crippen molar-refractivity contribution in [1.29, 1.82) is 0 Å². The van der Waals surface area contributed by atoms with Crippen LogP contribution in [0.25, 0.3) is 0 Å². The number of esters is 1. The van der Waals surface area contributed by atoms with Crippen molar-refractivity contribution < 1.29 is 23.5 Å². The topological polar surface area (TPSA) is 72.5 Å². The van der Waals surface area contributed by atoms with Gasteiger partial charge in [-0.05, 0) is 43.2 Å². The summed E-state index contributed by atoms with van der Waals surface area (Å²) in [6, 6.07) is 14.7. The van der Waals surface area contributed by atoms with Crippen molar-refractivity contribution in [1.82, 2.24) is 5.32 Å². The van der Waals surface area contributed by atoms with Gasteiger partial charge in [-0.3, -0.25) is 14.4 Å². The van der Waals surface area contributed by atoms with Crippen LogP contribution in [0.15, 0.2) is 59.5 Å². The zero-order valence-electron chi connectivity index (χ0n) is 15.5. The molecule has 0 aromatic heterocycles. The van der Waals surface area contributed by atoms with Gasteiger partial charge < -0.3 is 10.1 Å². The van der Waals surface area contributed by atoms with E-state index in [4.69, 9.17) is 4.74 Å². The first-order valence-corrected chi connectivity index (χ1v) is 9.80. The Hall–Kier alpha value is -2.67. The fourth-order valence-electron chi connectivity index (χ4n) is 2.38. The number of Topliss-reactive ketones (excluding diaryl/α,β-unsaturated/α-hetero) is 1. The highest BCUT2D eigenvalue weighted by Gasteiger charge is 2.18. The maximum atomic E-state index is 12.8. The van der Waals surface area contributed by atoms with Gasteiger partial charge in [0.25, 0.3) is 5.91 Å². The van der Waals surface area contributed by atoms with Crippen molar-refractivity contribution in [3.8, 4) is 0 Å². The van der Waals surface area contributed by atoms with Gasteiger partial charge in [-0.1, -0.05) is 30.3 Å². The Balaban J connectivity index is 1.70. The molecule has 2 aromatic rings. The Kier molecular flexibility index (Phi) is 8.68.